The molecule has 0 bridgehead atoms. The highest BCUT2D eigenvalue weighted by Crippen LogP contribution is 2.49. The molecule has 4 aromatic heterocycles. The minimum atomic E-state index is 0.744. The van der Waals surface area contributed by atoms with E-state index in [0.717, 1.165) is 32.9 Å². The van der Waals surface area contributed by atoms with Crippen molar-refractivity contribution >= 4 is 95.7 Å². The molecule has 0 radical (unpaired) electrons. The van der Waals surface area contributed by atoms with E-state index >= 15 is 0 Å². The van der Waals surface area contributed by atoms with Gasteiger partial charge >= 0.3 is 0 Å². The zero-order valence-corrected chi connectivity index (χ0v) is 24.4. The van der Waals surface area contributed by atoms with Gasteiger partial charge in [-0.25, -0.2) is 9.97 Å². The van der Waals surface area contributed by atoms with Crippen LogP contribution in [0.4, 0.5) is 0 Å². The van der Waals surface area contributed by atoms with E-state index in [4.69, 9.17) is 9.97 Å². The first-order valence-electron chi connectivity index (χ1n) is 14.4. The molecule has 0 atom stereocenters. The van der Waals surface area contributed by atoms with Gasteiger partial charge in [-0.05, 0) is 29.0 Å². The van der Waals surface area contributed by atoms with Crippen LogP contribution in [0.1, 0.15) is 0 Å². The fraction of sp³-hybridized carbons (Fsp3) is 0. The first kappa shape index (κ1) is 23.5. The summed E-state index contributed by atoms with van der Waals surface area (Å²) in [5, 5.41) is 9.99. The molecular weight excluding hydrogens is 563 g/mol. The second-order valence-electron chi connectivity index (χ2n) is 10.9. The molecule has 3 nitrogen and oxygen atoms in total. The lowest BCUT2D eigenvalue weighted by molar-refractivity contribution is 1.08. The smallest absolute Gasteiger partial charge is 0.163 e. The first-order chi connectivity index (χ1) is 21.3. The number of aromatic nitrogens is 3. The Hall–Kier alpha value is -5.10. The van der Waals surface area contributed by atoms with Gasteiger partial charge in [-0.1, -0.05) is 109 Å². The van der Waals surface area contributed by atoms with Crippen LogP contribution >= 0.6 is 22.7 Å². The molecule has 5 heteroatoms. The second kappa shape index (κ2) is 8.71. The number of hydrogen-bond acceptors (Lipinski definition) is 4. The number of fused-ring (bicyclic) bond motifs is 13. The van der Waals surface area contributed by atoms with Gasteiger partial charge in [0.05, 0.1) is 21.1 Å². The maximum absolute atomic E-state index is 5.44. The van der Waals surface area contributed by atoms with Crippen LogP contribution in [-0.4, -0.2) is 14.5 Å². The molecule has 10 rings (SSSR count). The van der Waals surface area contributed by atoms with Gasteiger partial charge in [-0.15, -0.1) is 22.7 Å². The SMILES string of the molecule is c1ccc(-c2nc(-n3c4ccccc4c4c5ccccc5c5c6ccccc6sc5c43)c3c(n2)sc2ccccc23)cc1. The molecule has 0 aliphatic rings. The third-order valence-corrected chi connectivity index (χ3v) is 10.9. The number of rotatable bonds is 2. The van der Waals surface area contributed by atoms with E-state index in [2.05, 4.69) is 126 Å². The summed E-state index contributed by atoms with van der Waals surface area (Å²) < 4.78 is 6.24. The Kier molecular flexibility index (Phi) is 4.75. The lowest BCUT2D eigenvalue weighted by atomic mass is 9.99. The maximum Gasteiger partial charge on any atom is 0.163 e. The van der Waals surface area contributed by atoms with E-state index < -0.39 is 0 Å². The third-order valence-electron chi connectivity index (χ3n) is 8.61. The summed E-state index contributed by atoms with van der Waals surface area (Å²) in [6, 6.07) is 45.5. The molecule has 0 amide bonds. The maximum atomic E-state index is 5.44. The topological polar surface area (TPSA) is 30.7 Å². The van der Waals surface area contributed by atoms with Gasteiger partial charge in [-0.3, -0.25) is 4.57 Å². The highest BCUT2D eigenvalue weighted by Gasteiger charge is 2.25. The largest absolute Gasteiger partial charge is 0.292 e. The van der Waals surface area contributed by atoms with Crippen LogP contribution in [0.3, 0.4) is 0 Å². The number of hydrogen-bond donors (Lipinski definition) is 0. The van der Waals surface area contributed by atoms with Crippen LogP contribution in [0.15, 0.2) is 127 Å². The fourth-order valence-corrected chi connectivity index (χ4v) is 9.16. The van der Waals surface area contributed by atoms with E-state index in [9.17, 15) is 0 Å². The van der Waals surface area contributed by atoms with Crippen molar-refractivity contribution in [3.63, 3.8) is 0 Å². The number of nitrogens with zero attached hydrogens (tertiary/aromatic N) is 3. The highest BCUT2D eigenvalue weighted by molar-refractivity contribution is 7.27. The Bertz CT molecular complexity index is 2730. The molecule has 0 saturated heterocycles. The van der Waals surface area contributed by atoms with Crippen LogP contribution in [0, 0.1) is 0 Å². The summed E-state index contributed by atoms with van der Waals surface area (Å²) >= 11 is 3.62. The number of thiophene rings is 2. The predicted octanol–water partition coefficient (Wildman–Crippen LogP) is 11.1. The highest BCUT2D eigenvalue weighted by atomic mass is 32.1. The van der Waals surface area contributed by atoms with Crippen LogP contribution in [0.5, 0.6) is 0 Å². The van der Waals surface area contributed by atoms with E-state index in [1.54, 1.807) is 11.3 Å². The van der Waals surface area contributed by atoms with E-state index in [1.807, 2.05) is 17.4 Å². The van der Waals surface area contributed by atoms with E-state index in [1.165, 1.54) is 57.3 Å². The van der Waals surface area contributed by atoms with Gasteiger partial charge < -0.3 is 0 Å². The van der Waals surface area contributed by atoms with Gasteiger partial charge in [0, 0.05) is 41.9 Å². The zero-order chi connectivity index (χ0) is 28.1. The van der Waals surface area contributed by atoms with Crippen molar-refractivity contribution in [2.24, 2.45) is 0 Å². The van der Waals surface area contributed by atoms with Crippen molar-refractivity contribution in [3.8, 4) is 17.2 Å². The first-order valence-corrected chi connectivity index (χ1v) is 16.0. The lowest BCUT2D eigenvalue weighted by Gasteiger charge is -2.12. The number of benzene rings is 6. The normalized spacial score (nSPS) is 12.2. The molecule has 0 aliphatic carbocycles. The molecule has 0 fully saturated rings. The van der Waals surface area contributed by atoms with Gasteiger partial charge in [0.2, 0.25) is 0 Å². The summed E-state index contributed by atoms with van der Waals surface area (Å²) in [5.41, 5.74) is 3.38. The molecule has 4 heterocycles. The van der Waals surface area contributed by atoms with E-state index in [0.29, 0.717) is 0 Å². The fourth-order valence-electron chi connectivity index (χ4n) is 6.83. The molecule has 6 aromatic carbocycles. The Morgan fingerprint density at radius 1 is 0.465 bits per heavy atom. The van der Waals surface area contributed by atoms with Crippen molar-refractivity contribution in [3.05, 3.63) is 127 Å². The average Bonchev–Trinajstić information content (AvgIpc) is 3.75. The minimum absolute atomic E-state index is 0.744. The third kappa shape index (κ3) is 3.18. The quantitative estimate of drug-likeness (QED) is 0.203. The summed E-state index contributed by atoms with van der Waals surface area (Å²) in [4.78, 5) is 11.6. The van der Waals surface area contributed by atoms with Gasteiger partial charge in [-0.2, -0.15) is 0 Å². The lowest BCUT2D eigenvalue weighted by Crippen LogP contribution is -2.02. The molecule has 0 N–H and O–H groups in total. The van der Waals surface area contributed by atoms with Crippen molar-refractivity contribution < 1.29 is 0 Å². The molecule has 0 spiro atoms. The molecule has 0 aliphatic heterocycles. The van der Waals surface area contributed by atoms with Gasteiger partial charge in [0.1, 0.15) is 4.83 Å². The summed E-state index contributed by atoms with van der Waals surface area (Å²) in [6.07, 6.45) is 0. The monoisotopic (exact) mass is 583 g/mol. The van der Waals surface area contributed by atoms with Crippen LogP contribution in [0.2, 0.25) is 0 Å². The zero-order valence-electron chi connectivity index (χ0n) is 22.8. The van der Waals surface area contributed by atoms with E-state index in [-0.39, 0.29) is 0 Å². The Labute approximate surface area is 253 Å². The molecule has 0 saturated carbocycles. The standard InChI is InChI=1S/C38H21N3S2/c1-2-12-22(13-3-1)36-39-37(33-27-18-8-11-21-30(27)43-38(33)40-36)41-28-19-9-6-16-25(28)31-23-14-4-5-15-24(23)32-26-17-7-10-20-29(26)42-35(32)34(31)41/h1-21H. The Morgan fingerprint density at radius 2 is 1.05 bits per heavy atom. The predicted molar refractivity (Wildman–Crippen MR) is 185 cm³/mol. The molecule has 43 heavy (non-hydrogen) atoms. The molecule has 10 aromatic rings. The molecule has 0 unspecified atom stereocenters. The van der Waals surface area contributed by atoms with Crippen molar-refractivity contribution in [1.82, 2.24) is 14.5 Å². The van der Waals surface area contributed by atoms with Crippen LogP contribution in [-0.2, 0) is 0 Å². The number of para-hydroxylation sites is 1. The minimum Gasteiger partial charge on any atom is -0.292 e. The Balaban J connectivity index is 1.50. The van der Waals surface area contributed by atoms with Crippen LogP contribution in [0.25, 0.3) is 90.3 Å². The second-order valence-corrected chi connectivity index (χ2v) is 13.0. The van der Waals surface area contributed by atoms with Crippen molar-refractivity contribution in [2.75, 3.05) is 0 Å². The van der Waals surface area contributed by atoms with Gasteiger partial charge in [0.15, 0.2) is 11.6 Å². The average molecular weight is 584 g/mol. The molecule has 200 valence electrons. The summed E-state index contributed by atoms with van der Waals surface area (Å²) in [7, 11) is 0. The van der Waals surface area contributed by atoms with Crippen molar-refractivity contribution in [1.29, 1.82) is 0 Å². The summed E-state index contributed by atoms with van der Waals surface area (Å²) in [6.45, 7) is 0. The Morgan fingerprint density at radius 3 is 1.81 bits per heavy atom. The van der Waals surface area contributed by atoms with Crippen molar-refractivity contribution in [2.45, 2.75) is 0 Å². The molecular formula is C38H21N3S2. The van der Waals surface area contributed by atoms with Gasteiger partial charge in [0.25, 0.3) is 0 Å². The summed E-state index contributed by atoms with van der Waals surface area (Å²) in [5.74, 6) is 1.68. The van der Waals surface area contributed by atoms with Crippen LogP contribution < -0.4 is 0 Å².